The molecule has 1 aromatic heterocycles. The fourth-order valence-electron chi connectivity index (χ4n) is 4.30. The Labute approximate surface area is 179 Å². The Hall–Kier alpha value is -2.35. The third-order valence-electron chi connectivity index (χ3n) is 5.87. The minimum Gasteiger partial charge on any atom is -0.378 e. The van der Waals surface area contributed by atoms with E-state index in [1.165, 1.54) is 0 Å². The Morgan fingerprint density at radius 3 is 2.80 bits per heavy atom. The number of hydrogen-bond acceptors (Lipinski definition) is 5. The van der Waals surface area contributed by atoms with E-state index in [2.05, 4.69) is 40.0 Å². The van der Waals surface area contributed by atoms with Crippen LogP contribution in [-0.4, -0.2) is 67.2 Å². The number of carbonyl (C=O) groups is 1. The Balaban J connectivity index is 1.70. The van der Waals surface area contributed by atoms with Crippen LogP contribution in [0.3, 0.4) is 0 Å². The first-order valence-electron chi connectivity index (χ1n) is 11.2. The van der Waals surface area contributed by atoms with E-state index in [-0.39, 0.29) is 11.8 Å². The van der Waals surface area contributed by atoms with Gasteiger partial charge in [-0.15, -0.1) is 0 Å². The quantitative estimate of drug-likeness (QED) is 0.519. The van der Waals surface area contributed by atoms with Crippen LogP contribution in [0, 0.1) is 5.92 Å². The fraction of sp³-hybridized carbons (Fsp3) is 0.682. The van der Waals surface area contributed by atoms with Crippen LogP contribution in [0.1, 0.15) is 45.1 Å². The second-order valence-electron chi connectivity index (χ2n) is 7.99. The van der Waals surface area contributed by atoms with E-state index in [1.54, 1.807) is 6.20 Å². The van der Waals surface area contributed by atoms with E-state index in [1.807, 2.05) is 6.07 Å². The van der Waals surface area contributed by atoms with Gasteiger partial charge in [-0.25, -0.2) is 9.98 Å². The van der Waals surface area contributed by atoms with Crippen molar-refractivity contribution in [3.63, 3.8) is 0 Å². The molecule has 8 nitrogen and oxygen atoms in total. The van der Waals surface area contributed by atoms with Gasteiger partial charge < -0.3 is 25.6 Å². The molecular formula is C22H36N6O2. The second kappa shape index (κ2) is 11.2. The first-order valence-corrected chi connectivity index (χ1v) is 11.2. The molecule has 1 unspecified atom stereocenters. The molecule has 1 atom stereocenters. The zero-order valence-electron chi connectivity index (χ0n) is 18.3. The van der Waals surface area contributed by atoms with Crippen LogP contribution < -0.4 is 16.0 Å². The molecule has 8 heteroatoms. The molecule has 2 aliphatic rings. The molecule has 0 aliphatic carbocycles. The molecule has 0 spiro atoms. The first kappa shape index (κ1) is 22.3. The molecule has 3 N–H and O–H groups in total. The molecule has 1 amide bonds. The van der Waals surface area contributed by atoms with Crippen LogP contribution in [0.15, 0.2) is 23.3 Å². The van der Waals surface area contributed by atoms with Crippen molar-refractivity contribution in [2.75, 3.05) is 44.2 Å². The highest BCUT2D eigenvalue weighted by atomic mass is 16.5. The van der Waals surface area contributed by atoms with E-state index in [4.69, 9.17) is 15.5 Å². The van der Waals surface area contributed by atoms with Gasteiger partial charge >= 0.3 is 0 Å². The number of ether oxygens (including phenoxy) is 1. The van der Waals surface area contributed by atoms with Gasteiger partial charge in [0.05, 0.1) is 18.6 Å². The molecule has 0 bridgehead atoms. The van der Waals surface area contributed by atoms with Gasteiger partial charge in [-0.1, -0.05) is 6.07 Å². The highest BCUT2D eigenvalue weighted by Crippen LogP contribution is 2.25. The Kier molecular flexibility index (Phi) is 8.30. The normalized spacial score (nSPS) is 21.0. The molecule has 2 aliphatic heterocycles. The number of nitrogens with zero attached hydrogens (tertiary/aromatic N) is 4. The highest BCUT2D eigenvalue weighted by molar-refractivity contribution is 5.80. The largest absolute Gasteiger partial charge is 0.378 e. The van der Waals surface area contributed by atoms with Crippen LogP contribution in [0.5, 0.6) is 0 Å². The van der Waals surface area contributed by atoms with Gasteiger partial charge in [-0.3, -0.25) is 4.79 Å². The van der Waals surface area contributed by atoms with Crippen molar-refractivity contribution >= 4 is 17.7 Å². The molecular weight excluding hydrogens is 380 g/mol. The number of primary amides is 1. The summed E-state index contributed by atoms with van der Waals surface area (Å²) in [6, 6.07) is 4.02. The number of rotatable bonds is 7. The Bertz CT molecular complexity index is 717. The van der Waals surface area contributed by atoms with Gasteiger partial charge in [0.25, 0.3) is 0 Å². The molecule has 0 aromatic carbocycles. The minimum absolute atomic E-state index is 0.110. The Morgan fingerprint density at radius 2 is 2.10 bits per heavy atom. The predicted molar refractivity (Wildman–Crippen MR) is 119 cm³/mol. The van der Waals surface area contributed by atoms with Crippen molar-refractivity contribution in [2.24, 2.45) is 16.6 Å². The SMILES string of the molecule is CCNC(=NCc1cccnc1N1CCCC(C(N)=O)C1)N1CCC(OCC)CC1. The number of aromatic nitrogens is 1. The number of nitrogens with one attached hydrogen (secondary N) is 1. The number of likely N-dealkylation sites (tertiary alicyclic amines) is 1. The smallest absolute Gasteiger partial charge is 0.222 e. The molecule has 166 valence electrons. The first-order chi connectivity index (χ1) is 14.6. The van der Waals surface area contributed by atoms with Crippen LogP contribution in [-0.2, 0) is 16.1 Å². The van der Waals surface area contributed by atoms with Crippen molar-refractivity contribution in [3.05, 3.63) is 23.9 Å². The number of carbonyl (C=O) groups excluding carboxylic acids is 1. The molecule has 2 saturated heterocycles. The van der Waals surface area contributed by atoms with E-state index in [0.717, 1.165) is 75.8 Å². The van der Waals surface area contributed by atoms with Crippen LogP contribution in [0.4, 0.5) is 5.82 Å². The van der Waals surface area contributed by atoms with Crippen LogP contribution >= 0.6 is 0 Å². The molecule has 3 heterocycles. The van der Waals surface area contributed by atoms with Gasteiger partial charge in [0.15, 0.2) is 5.96 Å². The summed E-state index contributed by atoms with van der Waals surface area (Å²) in [6.07, 6.45) is 6.02. The van der Waals surface area contributed by atoms with Gasteiger partial charge in [0.1, 0.15) is 5.82 Å². The Morgan fingerprint density at radius 1 is 1.30 bits per heavy atom. The summed E-state index contributed by atoms with van der Waals surface area (Å²) in [5, 5.41) is 3.43. The third-order valence-corrected chi connectivity index (χ3v) is 5.87. The third kappa shape index (κ3) is 5.84. The average Bonchev–Trinajstić information content (AvgIpc) is 2.78. The molecule has 0 radical (unpaired) electrons. The summed E-state index contributed by atoms with van der Waals surface area (Å²) in [6.45, 7) is 9.72. The maximum absolute atomic E-state index is 11.7. The number of pyridine rings is 1. The lowest BCUT2D eigenvalue weighted by molar-refractivity contribution is -0.122. The summed E-state index contributed by atoms with van der Waals surface area (Å²) in [5.74, 6) is 1.52. The number of hydrogen-bond donors (Lipinski definition) is 2. The number of piperidine rings is 2. The molecule has 2 fully saturated rings. The minimum atomic E-state index is -0.222. The summed E-state index contributed by atoms with van der Waals surface area (Å²) in [4.78, 5) is 25.7. The zero-order valence-corrected chi connectivity index (χ0v) is 18.3. The number of amides is 1. The summed E-state index contributed by atoms with van der Waals surface area (Å²) in [7, 11) is 0. The molecule has 0 saturated carbocycles. The van der Waals surface area contributed by atoms with E-state index >= 15 is 0 Å². The highest BCUT2D eigenvalue weighted by Gasteiger charge is 2.26. The summed E-state index contributed by atoms with van der Waals surface area (Å²) in [5.41, 5.74) is 6.63. The van der Waals surface area contributed by atoms with Crippen LogP contribution in [0.2, 0.25) is 0 Å². The second-order valence-corrected chi connectivity index (χ2v) is 7.99. The van der Waals surface area contributed by atoms with Gasteiger partial charge in [0.2, 0.25) is 5.91 Å². The standard InChI is InChI=1S/C22H36N6O2/c1-3-24-22(27-13-9-19(10-14-27)30-4-2)26-15-17-7-5-11-25-21(17)28-12-6-8-18(16-28)20(23)29/h5,7,11,18-19H,3-4,6,8-10,12-16H2,1-2H3,(H2,23,29)(H,24,26). The summed E-state index contributed by atoms with van der Waals surface area (Å²) < 4.78 is 5.77. The lowest BCUT2D eigenvalue weighted by Gasteiger charge is -2.34. The van der Waals surface area contributed by atoms with E-state index < -0.39 is 0 Å². The van der Waals surface area contributed by atoms with Gasteiger partial charge in [-0.05, 0) is 45.6 Å². The van der Waals surface area contributed by atoms with Crippen molar-refractivity contribution in [2.45, 2.75) is 52.2 Å². The lowest BCUT2D eigenvalue weighted by Crippen LogP contribution is -2.47. The van der Waals surface area contributed by atoms with Crippen molar-refractivity contribution in [1.82, 2.24) is 15.2 Å². The lowest BCUT2D eigenvalue weighted by atomic mass is 9.97. The van der Waals surface area contributed by atoms with E-state index in [9.17, 15) is 4.79 Å². The average molecular weight is 417 g/mol. The predicted octanol–water partition coefficient (Wildman–Crippen LogP) is 1.75. The van der Waals surface area contributed by atoms with Crippen LogP contribution in [0.25, 0.3) is 0 Å². The summed E-state index contributed by atoms with van der Waals surface area (Å²) >= 11 is 0. The van der Waals surface area contributed by atoms with Crippen molar-refractivity contribution in [3.8, 4) is 0 Å². The number of nitrogens with two attached hydrogens (primary N) is 1. The van der Waals surface area contributed by atoms with Gasteiger partial charge in [-0.2, -0.15) is 0 Å². The number of anilines is 1. The van der Waals surface area contributed by atoms with Gasteiger partial charge in [0, 0.05) is 51.1 Å². The maximum Gasteiger partial charge on any atom is 0.222 e. The number of guanidine groups is 1. The number of aliphatic imine (C=N–C) groups is 1. The molecule has 30 heavy (non-hydrogen) atoms. The molecule has 3 rings (SSSR count). The monoisotopic (exact) mass is 416 g/mol. The van der Waals surface area contributed by atoms with Crippen molar-refractivity contribution < 1.29 is 9.53 Å². The maximum atomic E-state index is 11.7. The topological polar surface area (TPSA) is 96.1 Å². The zero-order chi connectivity index (χ0) is 21.3. The van der Waals surface area contributed by atoms with E-state index in [0.29, 0.717) is 19.2 Å². The van der Waals surface area contributed by atoms with Crippen molar-refractivity contribution in [1.29, 1.82) is 0 Å². The fourth-order valence-corrected chi connectivity index (χ4v) is 4.30. The molecule has 1 aromatic rings.